The van der Waals surface area contributed by atoms with Crippen LogP contribution in [0.2, 0.25) is 0 Å². The second kappa shape index (κ2) is 7.59. The van der Waals surface area contributed by atoms with Crippen molar-refractivity contribution < 1.29 is 48.5 Å². The lowest BCUT2D eigenvalue weighted by molar-refractivity contribution is -0.143. The van der Waals surface area contributed by atoms with Gasteiger partial charge in [-0.15, -0.1) is 0 Å². The average molecular weight is 447 g/mol. The van der Waals surface area contributed by atoms with Crippen LogP contribution in [0.3, 0.4) is 0 Å². The zero-order valence-electron chi connectivity index (χ0n) is 15.0. The minimum absolute atomic E-state index is 0.109. The lowest BCUT2D eigenvalue weighted by Crippen LogP contribution is -2.36. The fourth-order valence-electron chi connectivity index (χ4n) is 2.61. The van der Waals surface area contributed by atoms with Gasteiger partial charge < -0.3 is 0 Å². The van der Waals surface area contributed by atoms with Crippen molar-refractivity contribution in [2.75, 3.05) is 5.88 Å². The molecule has 0 spiro atoms. The molecule has 0 aliphatic carbocycles. The van der Waals surface area contributed by atoms with Gasteiger partial charge in [0.1, 0.15) is 0 Å². The first-order valence-corrected chi connectivity index (χ1v) is 9.61. The number of nitrogens with zero attached hydrogens (tertiary/aromatic N) is 1. The predicted molar refractivity (Wildman–Crippen MR) is 85.2 cm³/mol. The largest absolute Gasteiger partial charge is 0.416 e. The number of alkyl halides is 6. The van der Waals surface area contributed by atoms with Crippen molar-refractivity contribution in [2.24, 2.45) is 11.8 Å². The number of hydrogen-bond acceptors (Lipinski definition) is 5. The summed E-state index contributed by atoms with van der Waals surface area (Å²) in [5.74, 6) is -4.27. The molecule has 6 nitrogen and oxygen atoms in total. The first-order valence-electron chi connectivity index (χ1n) is 8.03. The molecule has 1 aliphatic heterocycles. The number of benzene rings is 1. The molecule has 1 heterocycles. The minimum atomic E-state index is -5.10. The average Bonchev–Trinajstić information content (AvgIpc) is 2.76. The van der Waals surface area contributed by atoms with Crippen LogP contribution in [0.5, 0.6) is 0 Å². The van der Waals surface area contributed by atoms with Gasteiger partial charge in [0, 0.05) is 11.8 Å². The van der Waals surface area contributed by atoms with Crippen molar-refractivity contribution in [1.29, 1.82) is 0 Å². The van der Waals surface area contributed by atoms with E-state index in [0.29, 0.717) is 17.0 Å². The van der Waals surface area contributed by atoms with E-state index >= 15 is 0 Å². The van der Waals surface area contributed by atoms with E-state index in [4.69, 9.17) is 0 Å². The molecule has 1 aliphatic rings. The Morgan fingerprint density at radius 1 is 0.897 bits per heavy atom. The van der Waals surface area contributed by atoms with E-state index < -0.39 is 75.3 Å². The Hall–Kier alpha value is -2.15. The molecule has 13 heteroatoms. The molecule has 2 unspecified atom stereocenters. The molecule has 1 aromatic carbocycles. The van der Waals surface area contributed by atoms with Gasteiger partial charge in [-0.3, -0.25) is 18.7 Å². The highest BCUT2D eigenvalue weighted by molar-refractivity contribution is 7.86. The first-order chi connectivity index (χ1) is 13.0. The van der Waals surface area contributed by atoms with Crippen LogP contribution in [-0.4, -0.2) is 31.0 Å². The summed E-state index contributed by atoms with van der Waals surface area (Å²) in [4.78, 5) is 24.3. The summed E-state index contributed by atoms with van der Waals surface area (Å²) in [6, 6.07) is 0.532. The van der Waals surface area contributed by atoms with Crippen LogP contribution in [0.15, 0.2) is 18.2 Å². The highest BCUT2D eigenvalue weighted by Crippen LogP contribution is 2.36. The fourth-order valence-corrected chi connectivity index (χ4v) is 3.57. The molecule has 162 valence electrons. The van der Waals surface area contributed by atoms with E-state index in [1.165, 1.54) is 13.8 Å². The number of hydrogen-bond donors (Lipinski definition) is 0. The lowest BCUT2D eigenvalue weighted by atomic mass is 10.00. The minimum Gasteiger partial charge on any atom is -0.274 e. The molecule has 2 amide bonds. The monoisotopic (exact) mass is 447 g/mol. The van der Waals surface area contributed by atoms with Crippen molar-refractivity contribution >= 4 is 21.9 Å². The molecule has 0 N–H and O–H groups in total. The number of carbonyl (C=O) groups excluding carboxylic acids is 2. The van der Waals surface area contributed by atoms with Crippen LogP contribution in [0, 0.1) is 11.8 Å². The summed E-state index contributed by atoms with van der Waals surface area (Å²) >= 11 is 0. The normalized spacial score (nSPS) is 21.2. The summed E-state index contributed by atoms with van der Waals surface area (Å²) in [6.45, 7) is 1.69. The van der Waals surface area contributed by atoms with Gasteiger partial charge in [-0.05, 0) is 23.8 Å². The first kappa shape index (κ1) is 23.1. The molecule has 0 bridgehead atoms. The van der Waals surface area contributed by atoms with Gasteiger partial charge in [0.15, 0.2) is 5.88 Å². The van der Waals surface area contributed by atoms with Crippen LogP contribution in [0.1, 0.15) is 30.5 Å². The third-order valence-corrected chi connectivity index (χ3v) is 5.45. The second-order valence-electron chi connectivity index (χ2n) is 6.54. The summed E-state index contributed by atoms with van der Waals surface area (Å²) in [7, 11) is -4.65. The van der Waals surface area contributed by atoms with E-state index in [-0.39, 0.29) is 6.07 Å². The van der Waals surface area contributed by atoms with Crippen LogP contribution < -0.4 is 0 Å². The van der Waals surface area contributed by atoms with E-state index in [2.05, 4.69) is 4.18 Å². The summed E-state index contributed by atoms with van der Waals surface area (Å²) in [6.07, 6.45) is -10.2. The topological polar surface area (TPSA) is 80.8 Å². The summed E-state index contributed by atoms with van der Waals surface area (Å²) < 4.78 is 105. The van der Waals surface area contributed by atoms with Gasteiger partial charge in [-0.1, -0.05) is 13.8 Å². The van der Waals surface area contributed by atoms with Crippen LogP contribution >= 0.6 is 0 Å². The van der Waals surface area contributed by atoms with Crippen molar-refractivity contribution in [3.8, 4) is 0 Å². The van der Waals surface area contributed by atoms with E-state index in [1.807, 2.05) is 0 Å². The number of amides is 2. The molecule has 1 aromatic rings. The van der Waals surface area contributed by atoms with Gasteiger partial charge in [0.25, 0.3) is 10.1 Å². The summed E-state index contributed by atoms with van der Waals surface area (Å²) in [5.41, 5.74) is -3.96. The quantitative estimate of drug-likeness (QED) is 0.394. The maximum absolute atomic E-state index is 12.8. The SMILES string of the molecule is CC1C(=O)N(CS(=O)(=O)OCc2cc(C(F)(F)F)cc(C(F)(F)F)c2)C(=O)C1C. The van der Waals surface area contributed by atoms with Crippen molar-refractivity contribution in [3.63, 3.8) is 0 Å². The van der Waals surface area contributed by atoms with Crippen molar-refractivity contribution in [1.82, 2.24) is 4.90 Å². The molecule has 29 heavy (non-hydrogen) atoms. The van der Waals surface area contributed by atoms with Gasteiger partial charge in [-0.2, -0.15) is 34.8 Å². The summed E-state index contributed by atoms with van der Waals surface area (Å²) in [5, 5.41) is 0. The lowest BCUT2D eigenvalue weighted by Gasteiger charge is -2.16. The van der Waals surface area contributed by atoms with Gasteiger partial charge in [-0.25, -0.2) is 0 Å². The molecule has 0 radical (unpaired) electrons. The molecule has 2 rings (SSSR count). The molecule has 1 fully saturated rings. The standard InChI is InChI=1S/C16H15F6NO5S/c1-8-9(2)14(25)23(13(8)24)7-29(26,27)28-6-10-3-11(15(17,18)19)5-12(4-10)16(20,21)22/h3-5,8-9H,6-7H2,1-2H3. The molecule has 1 saturated heterocycles. The van der Waals surface area contributed by atoms with Crippen LogP contribution in [0.4, 0.5) is 26.3 Å². The van der Waals surface area contributed by atoms with Crippen LogP contribution in [-0.2, 0) is 42.8 Å². The molecule has 0 aromatic heterocycles. The highest BCUT2D eigenvalue weighted by Gasteiger charge is 2.44. The Labute approximate surface area is 161 Å². The number of rotatable bonds is 5. The number of carbonyl (C=O) groups is 2. The van der Waals surface area contributed by atoms with Crippen molar-refractivity contribution in [2.45, 2.75) is 32.8 Å². The predicted octanol–water partition coefficient (Wildman–Crippen LogP) is 3.17. The molecule has 2 atom stereocenters. The Balaban J connectivity index is 2.22. The van der Waals surface area contributed by atoms with E-state index in [9.17, 15) is 44.3 Å². The zero-order chi connectivity index (χ0) is 22.4. The van der Waals surface area contributed by atoms with E-state index in [1.54, 1.807) is 0 Å². The number of likely N-dealkylation sites (tertiary alicyclic amines) is 1. The van der Waals surface area contributed by atoms with Crippen LogP contribution in [0.25, 0.3) is 0 Å². The second-order valence-corrected chi connectivity index (χ2v) is 8.15. The third-order valence-electron chi connectivity index (χ3n) is 4.40. The number of imide groups is 1. The maximum Gasteiger partial charge on any atom is 0.416 e. The zero-order valence-corrected chi connectivity index (χ0v) is 15.8. The Morgan fingerprint density at radius 2 is 1.31 bits per heavy atom. The smallest absolute Gasteiger partial charge is 0.274 e. The molecular weight excluding hydrogens is 432 g/mol. The fraction of sp³-hybridized carbons (Fsp3) is 0.500. The Morgan fingerprint density at radius 3 is 1.69 bits per heavy atom. The van der Waals surface area contributed by atoms with Crippen molar-refractivity contribution in [3.05, 3.63) is 34.9 Å². The Kier molecular flexibility index (Phi) is 6.06. The molecular formula is C16H15F6NO5S. The van der Waals surface area contributed by atoms with Gasteiger partial charge in [0.05, 0.1) is 17.7 Å². The maximum atomic E-state index is 12.8. The molecule has 0 saturated carbocycles. The highest BCUT2D eigenvalue weighted by atomic mass is 32.2. The van der Waals surface area contributed by atoms with E-state index in [0.717, 1.165) is 0 Å². The van der Waals surface area contributed by atoms with Gasteiger partial charge in [0.2, 0.25) is 11.8 Å². The Bertz CT molecular complexity index is 872. The number of halogens is 6. The van der Waals surface area contributed by atoms with Gasteiger partial charge >= 0.3 is 12.4 Å². The third kappa shape index (κ3) is 5.26.